The zero-order valence-electron chi connectivity index (χ0n) is 10.3. The van der Waals surface area contributed by atoms with Gasteiger partial charge in [0.15, 0.2) is 0 Å². The highest BCUT2D eigenvalue weighted by molar-refractivity contribution is 5.77. The van der Waals surface area contributed by atoms with Gasteiger partial charge in [-0.1, -0.05) is 0 Å². The van der Waals surface area contributed by atoms with Gasteiger partial charge >= 0.3 is 0 Å². The van der Waals surface area contributed by atoms with Crippen molar-refractivity contribution in [3.05, 3.63) is 29.6 Å². The minimum Gasteiger partial charge on any atom is -0.380 e. The largest absolute Gasteiger partial charge is 0.380 e. The number of benzene rings is 1. The van der Waals surface area contributed by atoms with Crippen LogP contribution in [-0.2, 0) is 11.3 Å². The molecule has 1 aromatic heterocycles. The number of aromatic nitrogens is 2. The van der Waals surface area contributed by atoms with Gasteiger partial charge in [0, 0.05) is 7.11 Å². The van der Waals surface area contributed by atoms with E-state index in [0.29, 0.717) is 0 Å². The van der Waals surface area contributed by atoms with Gasteiger partial charge in [-0.3, -0.25) is 0 Å². The zero-order valence-corrected chi connectivity index (χ0v) is 10.3. The number of ether oxygens (including phenoxy) is 1. The van der Waals surface area contributed by atoms with Crippen LogP contribution in [0.1, 0.15) is 18.1 Å². The normalized spacial score (nSPS) is 13.2. The number of hydrogen-bond donors (Lipinski definition) is 0. The van der Waals surface area contributed by atoms with Crippen molar-refractivity contribution < 1.29 is 4.74 Å². The monoisotopic (exact) mass is 218 g/mol. The predicted molar refractivity (Wildman–Crippen MR) is 65.7 cm³/mol. The first-order valence-electron chi connectivity index (χ1n) is 5.56. The molecule has 0 amide bonds. The standard InChI is InChI=1S/C13H18N2O/c1-9-5-12-13(6-10(9)2)15(8-14-12)7-11(3)16-4/h5-6,8,11H,7H2,1-4H3. The van der Waals surface area contributed by atoms with Gasteiger partial charge in [-0.15, -0.1) is 0 Å². The molecule has 16 heavy (non-hydrogen) atoms. The van der Waals surface area contributed by atoms with Crippen molar-refractivity contribution in [3.63, 3.8) is 0 Å². The van der Waals surface area contributed by atoms with Crippen molar-refractivity contribution in [2.75, 3.05) is 7.11 Å². The fraction of sp³-hybridized carbons (Fsp3) is 0.462. The summed E-state index contributed by atoms with van der Waals surface area (Å²) in [5.74, 6) is 0. The van der Waals surface area contributed by atoms with Crippen LogP contribution >= 0.6 is 0 Å². The summed E-state index contributed by atoms with van der Waals surface area (Å²) in [5.41, 5.74) is 4.84. The molecule has 0 saturated heterocycles. The van der Waals surface area contributed by atoms with Crippen LogP contribution in [0.25, 0.3) is 11.0 Å². The number of aryl methyl sites for hydroxylation is 2. The Bertz CT molecular complexity index is 502. The molecule has 1 unspecified atom stereocenters. The highest BCUT2D eigenvalue weighted by Crippen LogP contribution is 2.18. The van der Waals surface area contributed by atoms with Crippen molar-refractivity contribution in [3.8, 4) is 0 Å². The van der Waals surface area contributed by atoms with Crippen LogP contribution in [0.5, 0.6) is 0 Å². The van der Waals surface area contributed by atoms with Gasteiger partial charge in [0.2, 0.25) is 0 Å². The van der Waals surface area contributed by atoms with E-state index in [9.17, 15) is 0 Å². The molecule has 1 heterocycles. The van der Waals surface area contributed by atoms with Gasteiger partial charge in [-0.25, -0.2) is 4.98 Å². The van der Waals surface area contributed by atoms with Crippen LogP contribution in [0.4, 0.5) is 0 Å². The Morgan fingerprint density at radius 3 is 2.69 bits per heavy atom. The third kappa shape index (κ3) is 1.95. The van der Waals surface area contributed by atoms with Gasteiger partial charge in [0.25, 0.3) is 0 Å². The van der Waals surface area contributed by atoms with Gasteiger partial charge in [-0.2, -0.15) is 0 Å². The summed E-state index contributed by atoms with van der Waals surface area (Å²) >= 11 is 0. The maximum absolute atomic E-state index is 5.28. The first kappa shape index (κ1) is 11.1. The van der Waals surface area contributed by atoms with E-state index in [1.54, 1.807) is 7.11 Å². The Labute approximate surface area is 96.1 Å². The summed E-state index contributed by atoms with van der Waals surface area (Å²) in [5, 5.41) is 0. The average Bonchev–Trinajstić information content (AvgIpc) is 2.62. The SMILES string of the molecule is COC(C)Cn1cnc2cc(C)c(C)cc21. The lowest BCUT2D eigenvalue weighted by Gasteiger charge is -2.11. The lowest BCUT2D eigenvalue weighted by Crippen LogP contribution is -2.13. The molecule has 0 bridgehead atoms. The molecule has 86 valence electrons. The second-order valence-corrected chi connectivity index (χ2v) is 4.37. The van der Waals surface area contributed by atoms with E-state index in [-0.39, 0.29) is 6.10 Å². The average molecular weight is 218 g/mol. The summed E-state index contributed by atoms with van der Waals surface area (Å²) < 4.78 is 7.43. The summed E-state index contributed by atoms with van der Waals surface area (Å²) in [7, 11) is 1.74. The number of imidazole rings is 1. The molecule has 0 aliphatic heterocycles. The molecule has 1 aromatic carbocycles. The highest BCUT2D eigenvalue weighted by Gasteiger charge is 2.07. The van der Waals surface area contributed by atoms with Crippen LogP contribution in [0, 0.1) is 13.8 Å². The van der Waals surface area contributed by atoms with Crippen LogP contribution < -0.4 is 0 Å². The molecule has 0 aliphatic rings. The molecule has 0 radical (unpaired) electrons. The second-order valence-electron chi connectivity index (χ2n) is 4.37. The fourth-order valence-electron chi connectivity index (χ4n) is 1.81. The van der Waals surface area contributed by atoms with Crippen molar-refractivity contribution >= 4 is 11.0 Å². The smallest absolute Gasteiger partial charge is 0.0959 e. The summed E-state index contributed by atoms with van der Waals surface area (Å²) in [4.78, 5) is 4.42. The van der Waals surface area contributed by atoms with E-state index >= 15 is 0 Å². The highest BCUT2D eigenvalue weighted by atomic mass is 16.5. The van der Waals surface area contributed by atoms with E-state index in [1.165, 1.54) is 16.6 Å². The van der Waals surface area contributed by atoms with Crippen molar-refractivity contribution in [2.45, 2.75) is 33.4 Å². The molecule has 0 fully saturated rings. The Hall–Kier alpha value is -1.35. The van der Waals surface area contributed by atoms with Crippen molar-refractivity contribution in [1.29, 1.82) is 0 Å². The molecule has 0 spiro atoms. The van der Waals surface area contributed by atoms with Crippen molar-refractivity contribution in [2.24, 2.45) is 0 Å². The zero-order chi connectivity index (χ0) is 11.7. The molecule has 1 atom stereocenters. The predicted octanol–water partition coefficient (Wildman–Crippen LogP) is 2.69. The minimum absolute atomic E-state index is 0.207. The Balaban J connectivity index is 2.44. The maximum atomic E-state index is 5.28. The molecule has 0 N–H and O–H groups in total. The molecule has 2 rings (SSSR count). The third-order valence-electron chi connectivity index (χ3n) is 3.09. The topological polar surface area (TPSA) is 27.1 Å². The minimum atomic E-state index is 0.207. The molecule has 3 heteroatoms. The second kappa shape index (κ2) is 4.26. The first-order chi connectivity index (χ1) is 7.61. The number of methoxy groups -OCH3 is 1. The van der Waals surface area contributed by atoms with Crippen LogP contribution in [0.15, 0.2) is 18.5 Å². The van der Waals surface area contributed by atoms with Gasteiger partial charge in [0.1, 0.15) is 0 Å². The van der Waals surface area contributed by atoms with Gasteiger partial charge in [0.05, 0.1) is 30.0 Å². The molecular formula is C13H18N2O. The molecule has 2 aromatic rings. The molecular weight excluding hydrogens is 200 g/mol. The Kier molecular flexibility index (Phi) is 2.97. The van der Waals surface area contributed by atoms with Crippen molar-refractivity contribution in [1.82, 2.24) is 9.55 Å². The fourth-order valence-corrected chi connectivity index (χ4v) is 1.81. The van der Waals surface area contributed by atoms with E-state index in [2.05, 4.69) is 42.5 Å². The van der Waals surface area contributed by atoms with E-state index in [1.807, 2.05) is 6.33 Å². The molecule has 0 aliphatic carbocycles. The number of hydrogen-bond acceptors (Lipinski definition) is 2. The van der Waals surface area contributed by atoms with Crippen LogP contribution in [0.2, 0.25) is 0 Å². The number of rotatable bonds is 3. The van der Waals surface area contributed by atoms with Crippen LogP contribution in [0.3, 0.4) is 0 Å². The number of nitrogens with zero attached hydrogens (tertiary/aromatic N) is 2. The third-order valence-corrected chi connectivity index (χ3v) is 3.09. The van der Waals surface area contributed by atoms with Gasteiger partial charge < -0.3 is 9.30 Å². The van der Waals surface area contributed by atoms with Gasteiger partial charge in [-0.05, 0) is 44.0 Å². The first-order valence-corrected chi connectivity index (χ1v) is 5.56. The van der Waals surface area contributed by atoms with E-state index in [0.717, 1.165) is 12.1 Å². The maximum Gasteiger partial charge on any atom is 0.0959 e. The lowest BCUT2D eigenvalue weighted by atomic mass is 10.1. The van der Waals surface area contributed by atoms with Crippen LogP contribution in [-0.4, -0.2) is 22.8 Å². The van der Waals surface area contributed by atoms with E-state index in [4.69, 9.17) is 4.74 Å². The Morgan fingerprint density at radius 2 is 2.00 bits per heavy atom. The Morgan fingerprint density at radius 1 is 1.31 bits per heavy atom. The quantitative estimate of drug-likeness (QED) is 0.792. The molecule has 3 nitrogen and oxygen atoms in total. The number of fused-ring (bicyclic) bond motifs is 1. The van der Waals surface area contributed by atoms with E-state index < -0.39 is 0 Å². The summed E-state index contributed by atoms with van der Waals surface area (Å²) in [6.07, 6.45) is 2.10. The molecule has 0 saturated carbocycles. The summed E-state index contributed by atoms with van der Waals surface area (Å²) in [6, 6.07) is 4.33. The lowest BCUT2D eigenvalue weighted by molar-refractivity contribution is 0.104. The summed E-state index contributed by atoms with van der Waals surface area (Å²) in [6.45, 7) is 7.15.